The summed E-state index contributed by atoms with van der Waals surface area (Å²) in [5, 5.41) is 0. The van der Waals surface area contributed by atoms with Gasteiger partial charge < -0.3 is 10.5 Å². The Morgan fingerprint density at radius 1 is 1.47 bits per heavy atom. The molecule has 1 aromatic carbocycles. The highest BCUT2D eigenvalue weighted by Crippen LogP contribution is 2.42. The van der Waals surface area contributed by atoms with E-state index < -0.39 is 0 Å². The lowest BCUT2D eigenvalue weighted by Crippen LogP contribution is -2.35. The van der Waals surface area contributed by atoms with Crippen LogP contribution in [0.15, 0.2) is 29.2 Å². The lowest BCUT2D eigenvalue weighted by molar-refractivity contribution is 0.172. The molecule has 1 heterocycles. The van der Waals surface area contributed by atoms with E-state index in [1.54, 1.807) is 7.11 Å². The van der Waals surface area contributed by atoms with E-state index >= 15 is 0 Å². The lowest BCUT2D eigenvalue weighted by atomic mass is 9.85. The second-order valence-electron chi connectivity index (χ2n) is 4.79. The van der Waals surface area contributed by atoms with E-state index in [0.29, 0.717) is 11.8 Å². The Morgan fingerprint density at radius 3 is 3.00 bits per heavy atom. The second kappa shape index (κ2) is 5.89. The molecule has 0 spiro atoms. The van der Waals surface area contributed by atoms with Gasteiger partial charge in [-0.05, 0) is 24.0 Å². The molecule has 17 heavy (non-hydrogen) atoms. The molecule has 0 saturated heterocycles. The van der Waals surface area contributed by atoms with Crippen LogP contribution in [0.1, 0.15) is 24.8 Å². The largest absolute Gasteiger partial charge is 0.385 e. The maximum absolute atomic E-state index is 6.41. The van der Waals surface area contributed by atoms with Gasteiger partial charge in [-0.2, -0.15) is 0 Å². The summed E-state index contributed by atoms with van der Waals surface area (Å²) >= 11 is 1.93. The molecule has 3 heteroatoms. The molecule has 2 nitrogen and oxygen atoms in total. The third-order valence-electron chi connectivity index (χ3n) is 3.64. The van der Waals surface area contributed by atoms with Gasteiger partial charge in [0.1, 0.15) is 0 Å². The zero-order chi connectivity index (χ0) is 12.3. The zero-order valence-corrected chi connectivity index (χ0v) is 11.4. The maximum atomic E-state index is 6.41. The molecule has 2 N–H and O–H groups in total. The number of ether oxygens (including phenoxy) is 1. The van der Waals surface area contributed by atoms with E-state index in [-0.39, 0.29) is 6.04 Å². The Labute approximate surface area is 108 Å². The topological polar surface area (TPSA) is 35.2 Å². The molecule has 1 aliphatic heterocycles. The Kier molecular flexibility index (Phi) is 4.48. The molecule has 1 aromatic rings. The van der Waals surface area contributed by atoms with Gasteiger partial charge in [0.05, 0.1) is 0 Å². The van der Waals surface area contributed by atoms with Crippen molar-refractivity contribution >= 4 is 11.8 Å². The van der Waals surface area contributed by atoms with Crippen molar-refractivity contribution in [2.45, 2.75) is 30.2 Å². The molecule has 0 saturated carbocycles. The van der Waals surface area contributed by atoms with E-state index in [1.807, 2.05) is 11.8 Å². The number of thioether (sulfide) groups is 1. The van der Waals surface area contributed by atoms with Crippen LogP contribution < -0.4 is 5.73 Å². The van der Waals surface area contributed by atoms with Crippen molar-refractivity contribution in [3.05, 3.63) is 29.8 Å². The van der Waals surface area contributed by atoms with Crippen LogP contribution in [0.5, 0.6) is 0 Å². The molecule has 0 radical (unpaired) electrons. The van der Waals surface area contributed by atoms with E-state index in [4.69, 9.17) is 10.5 Å². The summed E-state index contributed by atoms with van der Waals surface area (Å²) < 4.78 is 5.13. The zero-order valence-electron chi connectivity index (χ0n) is 10.6. The minimum absolute atomic E-state index is 0.237. The standard InChI is InChI=1S/C14H21NOS/c1-10(7-8-16-2)14(15)12-9-17-13-6-4-3-5-11(12)13/h3-6,10,12,14H,7-9,15H2,1-2H3. The second-order valence-corrected chi connectivity index (χ2v) is 5.85. The number of rotatable bonds is 5. The fourth-order valence-electron chi connectivity index (χ4n) is 2.40. The SMILES string of the molecule is COCCC(C)C(N)C1CSc2ccccc21. The first-order valence-electron chi connectivity index (χ1n) is 6.20. The molecule has 0 aromatic heterocycles. The third-order valence-corrected chi connectivity index (χ3v) is 4.84. The maximum Gasteiger partial charge on any atom is 0.0465 e. The molecule has 3 unspecified atom stereocenters. The molecule has 94 valence electrons. The van der Waals surface area contributed by atoms with Crippen molar-refractivity contribution in [1.82, 2.24) is 0 Å². The average molecular weight is 251 g/mol. The highest BCUT2D eigenvalue weighted by molar-refractivity contribution is 7.99. The summed E-state index contributed by atoms with van der Waals surface area (Å²) in [6.07, 6.45) is 1.04. The van der Waals surface area contributed by atoms with Crippen LogP contribution in [-0.4, -0.2) is 25.5 Å². The average Bonchev–Trinajstić information content (AvgIpc) is 2.78. The first-order chi connectivity index (χ1) is 8.24. The summed E-state index contributed by atoms with van der Waals surface area (Å²) in [6, 6.07) is 8.88. The first kappa shape index (κ1) is 12.9. The van der Waals surface area contributed by atoms with Crippen LogP contribution in [0.3, 0.4) is 0 Å². The van der Waals surface area contributed by atoms with Gasteiger partial charge in [-0.3, -0.25) is 0 Å². The number of hydrogen-bond acceptors (Lipinski definition) is 3. The van der Waals surface area contributed by atoms with E-state index in [1.165, 1.54) is 10.5 Å². The molecule has 0 fully saturated rings. The normalized spacial score (nSPS) is 22.2. The Hall–Kier alpha value is -0.510. The van der Waals surface area contributed by atoms with Crippen molar-refractivity contribution in [3.8, 4) is 0 Å². The number of hydrogen-bond donors (Lipinski definition) is 1. The fraction of sp³-hybridized carbons (Fsp3) is 0.571. The van der Waals surface area contributed by atoms with E-state index in [9.17, 15) is 0 Å². The number of nitrogens with two attached hydrogens (primary N) is 1. The van der Waals surface area contributed by atoms with Crippen LogP contribution in [0.25, 0.3) is 0 Å². The Morgan fingerprint density at radius 2 is 2.24 bits per heavy atom. The van der Waals surface area contributed by atoms with Gasteiger partial charge in [0.25, 0.3) is 0 Å². The number of methoxy groups -OCH3 is 1. The minimum Gasteiger partial charge on any atom is -0.385 e. The molecule has 2 rings (SSSR count). The molecule has 3 atom stereocenters. The van der Waals surface area contributed by atoms with Crippen LogP contribution in [0.4, 0.5) is 0 Å². The molecule has 0 bridgehead atoms. The van der Waals surface area contributed by atoms with Gasteiger partial charge in [0.2, 0.25) is 0 Å². The van der Waals surface area contributed by atoms with Gasteiger partial charge in [0.15, 0.2) is 0 Å². The molecular formula is C14H21NOS. The van der Waals surface area contributed by atoms with Crippen molar-refractivity contribution in [2.24, 2.45) is 11.7 Å². The molecular weight excluding hydrogens is 230 g/mol. The fourth-order valence-corrected chi connectivity index (χ4v) is 3.72. The molecule has 1 aliphatic rings. The van der Waals surface area contributed by atoms with Gasteiger partial charge in [-0.1, -0.05) is 25.1 Å². The summed E-state index contributed by atoms with van der Waals surface area (Å²) in [6.45, 7) is 3.03. The summed E-state index contributed by atoms with van der Waals surface area (Å²) in [7, 11) is 1.75. The van der Waals surface area contributed by atoms with Gasteiger partial charge >= 0.3 is 0 Å². The smallest absolute Gasteiger partial charge is 0.0465 e. The van der Waals surface area contributed by atoms with Gasteiger partial charge in [-0.25, -0.2) is 0 Å². The van der Waals surface area contributed by atoms with Gasteiger partial charge in [-0.15, -0.1) is 11.8 Å². The summed E-state index contributed by atoms with van der Waals surface area (Å²) in [5.74, 6) is 2.13. The van der Waals surface area contributed by atoms with Crippen molar-refractivity contribution in [1.29, 1.82) is 0 Å². The predicted octanol–water partition coefficient (Wildman–Crippen LogP) is 2.88. The van der Waals surface area contributed by atoms with Crippen molar-refractivity contribution in [3.63, 3.8) is 0 Å². The predicted molar refractivity (Wildman–Crippen MR) is 73.5 cm³/mol. The lowest BCUT2D eigenvalue weighted by Gasteiger charge is -2.25. The number of benzene rings is 1. The summed E-state index contributed by atoms with van der Waals surface area (Å²) in [5.41, 5.74) is 7.85. The minimum atomic E-state index is 0.237. The van der Waals surface area contributed by atoms with E-state index in [2.05, 4.69) is 31.2 Å². The quantitative estimate of drug-likeness (QED) is 0.874. The first-order valence-corrected chi connectivity index (χ1v) is 7.19. The Balaban J connectivity index is 2.04. The van der Waals surface area contributed by atoms with Crippen LogP contribution in [0.2, 0.25) is 0 Å². The Bertz CT molecular complexity index is 369. The van der Waals surface area contributed by atoms with Crippen molar-refractivity contribution in [2.75, 3.05) is 19.5 Å². The number of fused-ring (bicyclic) bond motifs is 1. The third kappa shape index (κ3) is 2.84. The van der Waals surface area contributed by atoms with Crippen LogP contribution in [-0.2, 0) is 4.74 Å². The van der Waals surface area contributed by atoms with Crippen molar-refractivity contribution < 1.29 is 4.74 Å². The van der Waals surface area contributed by atoms with Gasteiger partial charge in [0, 0.05) is 36.3 Å². The van der Waals surface area contributed by atoms with Crippen LogP contribution >= 0.6 is 11.8 Å². The van der Waals surface area contributed by atoms with Crippen LogP contribution in [0, 0.1) is 5.92 Å². The highest BCUT2D eigenvalue weighted by atomic mass is 32.2. The summed E-state index contributed by atoms with van der Waals surface area (Å²) in [4.78, 5) is 1.41. The van der Waals surface area contributed by atoms with E-state index in [0.717, 1.165) is 18.8 Å². The monoisotopic (exact) mass is 251 g/mol. The molecule has 0 aliphatic carbocycles. The molecule has 0 amide bonds. The highest BCUT2D eigenvalue weighted by Gasteiger charge is 2.30.